The average Bonchev–Trinajstić information content (AvgIpc) is 3.54. The maximum absolute atomic E-state index is 9.66. The van der Waals surface area contributed by atoms with E-state index in [2.05, 4.69) is 11.1 Å². The van der Waals surface area contributed by atoms with Crippen molar-refractivity contribution in [2.75, 3.05) is 13.2 Å². The van der Waals surface area contributed by atoms with E-state index in [9.17, 15) is 15.8 Å². The first-order valence-corrected chi connectivity index (χ1v) is 9.30. The van der Waals surface area contributed by atoms with E-state index >= 15 is 0 Å². The summed E-state index contributed by atoms with van der Waals surface area (Å²) in [6.45, 7) is 4.82. The molecule has 0 amide bonds. The van der Waals surface area contributed by atoms with Crippen LogP contribution in [0.2, 0.25) is 0 Å². The summed E-state index contributed by atoms with van der Waals surface area (Å²) in [7, 11) is 0. The fourth-order valence-corrected chi connectivity index (χ4v) is 3.17. The number of ether oxygens (including phenoxy) is 2. The van der Waals surface area contributed by atoms with Crippen LogP contribution in [-0.2, 0) is 0 Å². The van der Waals surface area contributed by atoms with Crippen molar-refractivity contribution in [1.82, 2.24) is 4.98 Å². The lowest BCUT2D eigenvalue weighted by molar-refractivity contribution is 0.324. The lowest BCUT2D eigenvalue weighted by Gasteiger charge is -2.16. The molecule has 28 heavy (non-hydrogen) atoms. The van der Waals surface area contributed by atoms with Gasteiger partial charge in [0.1, 0.15) is 17.6 Å². The van der Waals surface area contributed by atoms with Crippen molar-refractivity contribution in [3.05, 3.63) is 41.1 Å². The van der Waals surface area contributed by atoms with Gasteiger partial charge in [0.2, 0.25) is 0 Å². The van der Waals surface area contributed by atoms with Gasteiger partial charge in [-0.15, -0.1) is 0 Å². The highest BCUT2D eigenvalue weighted by molar-refractivity contribution is 5.71. The molecule has 0 radical (unpaired) electrons. The van der Waals surface area contributed by atoms with Crippen molar-refractivity contribution >= 4 is 0 Å². The van der Waals surface area contributed by atoms with Crippen molar-refractivity contribution in [2.45, 2.75) is 38.5 Å². The zero-order valence-electron chi connectivity index (χ0n) is 15.9. The molecular formula is C22H20N4O2. The van der Waals surface area contributed by atoms with Gasteiger partial charge in [-0.1, -0.05) is 0 Å². The minimum absolute atomic E-state index is 0.225. The number of nitrogens with zero attached hydrogens (tertiary/aromatic N) is 4. The second-order valence-corrected chi connectivity index (χ2v) is 6.46. The van der Waals surface area contributed by atoms with Crippen molar-refractivity contribution in [3.8, 4) is 41.0 Å². The van der Waals surface area contributed by atoms with Gasteiger partial charge < -0.3 is 9.47 Å². The molecule has 1 saturated carbocycles. The van der Waals surface area contributed by atoms with E-state index in [-0.39, 0.29) is 11.6 Å². The van der Waals surface area contributed by atoms with Gasteiger partial charge in [-0.25, -0.2) is 4.98 Å². The van der Waals surface area contributed by atoms with E-state index in [0.717, 1.165) is 24.0 Å². The molecule has 0 N–H and O–H groups in total. The highest BCUT2D eigenvalue weighted by Gasteiger charge is 2.31. The van der Waals surface area contributed by atoms with Crippen LogP contribution in [-0.4, -0.2) is 18.2 Å². The van der Waals surface area contributed by atoms with Crippen molar-refractivity contribution in [1.29, 1.82) is 15.8 Å². The summed E-state index contributed by atoms with van der Waals surface area (Å²) in [4.78, 5) is 4.56. The number of hydrogen-bond acceptors (Lipinski definition) is 6. The Bertz CT molecular complexity index is 993. The Kier molecular flexibility index (Phi) is 5.78. The molecule has 1 aromatic heterocycles. The Balaban J connectivity index is 2.21. The number of nitriles is 3. The van der Waals surface area contributed by atoms with E-state index in [1.165, 1.54) is 0 Å². The van der Waals surface area contributed by atoms with Crippen LogP contribution in [0.1, 0.15) is 55.3 Å². The Morgan fingerprint density at radius 3 is 2.36 bits per heavy atom. The number of hydrogen-bond donors (Lipinski definition) is 0. The average molecular weight is 372 g/mol. The molecule has 0 unspecified atom stereocenters. The van der Waals surface area contributed by atoms with Gasteiger partial charge in [-0.05, 0) is 56.4 Å². The number of benzene rings is 1. The molecule has 140 valence electrons. The van der Waals surface area contributed by atoms with E-state index in [4.69, 9.17) is 9.47 Å². The van der Waals surface area contributed by atoms with E-state index in [0.29, 0.717) is 36.0 Å². The highest BCUT2D eigenvalue weighted by Crippen LogP contribution is 2.45. The SMILES string of the molecule is CCOc1ccc(-c2cc(C3CC3)c(C#N)c(C(C#N)C#N)n2)c(OCC)c1. The highest BCUT2D eigenvalue weighted by atomic mass is 16.5. The Morgan fingerprint density at radius 2 is 1.79 bits per heavy atom. The van der Waals surface area contributed by atoms with Crippen LogP contribution in [0, 0.1) is 34.0 Å². The molecule has 0 aliphatic heterocycles. The minimum atomic E-state index is -1.09. The fraction of sp³-hybridized carbons (Fsp3) is 0.364. The van der Waals surface area contributed by atoms with E-state index in [1.54, 1.807) is 0 Å². The van der Waals surface area contributed by atoms with Crippen LogP contribution in [0.5, 0.6) is 11.5 Å². The zero-order valence-corrected chi connectivity index (χ0v) is 15.9. The molecule has 6 nitrogen and oxygen atoms in total. The largest absolute Gasteiger partial charge is 0.494 e. The van der Waals surface area contributed by atoms with Crippen LogP contribution >= 0.6 is 0 Å². The molecule has 6 heteroatoms. The Labute approximate surface area is 164 Å². The third-order valence-corrected chi connectivity index (χ3v) is 4.58. The molecule has 1 fully saturated rings. The minimum Gasteiger partial charge on any atom is -0.494 e. The predicted molar refractivity (Wildman–Crippen MR) is 103 cm³/mol. The molecule has 1 aliphatic rings. The molecule has 2 aromatic rings. The summed E-state index contributed by atoms with van der Waals surface area (Å²) in [5, 5.41) is 28.4. The lowest BCUT2D eigenvalue weighted by Crippen LogP contribution is -2.06. The van der Waals surface area contributed by atoms with Crippen LogP contribution < -0.4 is 9.47 Å². The number of pyridine rings is 1. The topological polar surface area (TPSA) is 103 Å². The maximum atomic E-state index is 9.66. The second-order valence-electron chi connectivity index (χ2n) is 6.46. The summed E-state index contributed by atoms with van der Waals surface area (Å²) < 4.78 is 11.3. The molecule has 0 bridgehead atoms. The summed E-state index contributed by atoms with van der Waals surface area (Å²) in [6, 6.07) is 13.5. The van der Waals surface area contributed by atoms with Crippen molar-refractivity contribution < 1.29 is 9.47 Å². The van der Waals surface area contributed by atoms with Crippen LogP contribution in [0.4, 0.5) is 0 Å². The van der Waals surface area contributed by atoms with Gasteiger partial charge in [0, 0.05) is 11.6 Å². The molecule has 1 aromatic carbocycles. The molecule has 0 saturated heterocycles. The standard InChI is InChI=1S/C22H20N4O2/c1-3-27-16-7-8-17(21(9-16)28-4-2)20-10-18(14-5-6-14)19(13-25)22(26-20)15(11-23)12-24/h7-10,14-15H,3-6H2,1-2H3. The van der Waals surface area contributed by atoms with Crippen molar-refractivity contribution in [2.24, 2.45) is 0 Å². The van der Waals surface area contributed by atoms with Gasteiger partial charge in [0.15, 0.2) is 5.92 Å². The summed E-state index contributed by atoms with van der Waals surface area (Å²) in [6.07, 6.45) is 1.98. The first-order valence-electron chi connectivity index (χ1n) is 9.30. The molecular weight excluding hydrogens is 352 g/mol. The molecule has 0 atom stereocenters. The van der Waals surface area contributed by atoms with Crippen LogP contribution in [0.15, 0.2) is 24.3 Å². The first-order chi connectivity index (χ1) is 13.7. The Morgan fingerprint density at radius 1 is 1.07 bits per heavy atom. The smallest absolute Gasteiger partial charge is 0.176 e. The zero-order chi connectivity index (χ0) is 20.1. The number of rotatable bonds is 7. The van der Waals surface area contributed by atoms with Gasteiger partial charge in [-0.2, -0.15) is 15.8 Å². The molecule has 1 heterocycles. The van der Waals surface area contributed by atoms with Crippen LogP contribution in [0.25, 0.3) is 11.3 Å². The van der Waals surface area contributed by atoms with Gasteiger partial charge in [-0.3, -0.25) is 0 Å². The summed E-state index contributed by atoms with van der Waals surface area (Å²) >= 11 is 0. The second kappa shape index (κ2) is 8.42. The number of aromatic nitrogens is 1. The van der Waals surface area contributed by atoms with E-state index < -0.39 is 5.92 Å². The third kappa shape index (κ3) is 3.75. The van der Waals surface area contributed by atoms with Crippen molar-refractivity contribution in [3.63, 3.8) is 0 Å². The normalized spacial score (nSPS) is 12.7. The third-order valence-electron chi connectivity index (χ3n) is 4.58. The van der Waals surface area contributed by atoms with E-state index in [1.807, 2.05) is 50.3 Å². The van der Waals surface area contributed by atoms with Gasteiger partial charge in [0.25, 0.3) is 0 Å². The lowest BCUT2D eigenvalue weighted by atomic mass is 9.94. The predicted octanol–water partition coefficient (Wildman–Crippen LogP) is 4.43. The fourth-order valence-electron chi connectivity index (χ4n) is 3.17. The molecule has 3 rings (SSSR count). The maximum Gasteiger partial charge on any atom is 0.176 e. The first kappa shape index (κ1) is 19.2. The van der Waals surface area contributed by atoms with Crippen LogP contribution in [0.3, 0.4) is 0 Å². The quantitative estimate of drug-likeness (QED) is 0.712. The molecule has 0 spiro atoms. The summed E-state index contributed by atoms with van der Waals surface area (Å²) in [5.74, 6) is 0.485. The van der Waals surface area contributed by atoms with Gasteiger partial charge in [0.05, 0.1) is 42.3 Å². The monoisotopic (exact) mass is 372 g/mol. The molecule has 1 aliphatic carbocycles. The van der Waals surface area contributed by atoms with Gasteiger partial charge >= 0.3 is 0 Å². The Hall–Kier alpha value is -3.56. The summed E-state index contributed by atoms with van der Waals surface area (Å²) in [5.41, 5.74) is 2.77.